The SMILES string of the molecule is BC(B)(CC(=O)O)c1c(C(C)C)n(-c2ccc(F)cc2)c2cc3cn[nH]c3cc12. The Morgan fingerprint density at radius 2 is 1.97 bits per heavy atom. The number of carboxylic acid groups (broad SMARTS) is 1. The Morgan fingerprint density at radius 1 is 1.28 bits per heavy atom. The molecule has 2 aromatic heterocycles. The highest BCUT2D eigenvalue weighted by atomic mass is 19.1. The average Bonchev–Trinajstić information content (AvgIpc) is 3.21. The fourth-order valence-corrected chi connectivity index (χ4v) is 4.34. The zero-order valence-corrected chi connectivity index (χ0v) is 17.0. The van der Waals surface area contributed by atoms with Crippen LogP contribution in [0.3, 0.4) is 0 Å². The highest BCUT2D eigenvalue weighted by Crippen LogP contribution is 2.41. The van der Waals surface area contributed by atoms with Crippen molar-refractivity contribution >= 4 is 43.5 Å². The molecule has 4 aromatic rings. The smallest absolute Gasteiger partial charge is 0.302 e. The van der Waals surface area contributed by atoms with Crippen LogP contribution in [0.5, 0.6) is 0 Å². The van der Waals surface area contributed by atoms with E-state index < -0.39 is 11.2 Å². The quantitative estimate of drug-likeness (QED) is 0.516. The predicted molar refractivity (Wildman–Crippen MR) is 118 cm³/mol. The largest absolute Gasteiger partial charge is 0.481 e. The number of rotatable bonds is 5. The van der Waals surface area contributed by atoms with Gasteiger partial charge in [-0.2, -0.15) is 5.10 Å². The number of aliphatic carboxylic acids is 1. The van der Waals surface area contributed by atoms with Crippen LogP contribution in [-0.4, -0.2) is 41.5 Å². The number of nitrogens with zero attached hydrogens (tertiary/aromatic N) is 2. The predicted octanol–water partition coefficient (Wildman–Crippen LogP) is 2.66. The summed E-state index contributed by atoms with van der Waals surface area (Å²) in [6.45, 7) is 4.20. The summed E-state index contributed by atoms with van der Waals surface area (Å²) in [5.41, 5.74) is 4.75. The van der Waals surface area contributed by atoms with E-state index in [0.29, 0.717) is 0 Å². The molecular formula is C21H22B2FN3O2. The van der Waals surface area contributed by atoms with Gasteiger partial charge in [0.2, 0.25) is 0 Å². The van der Waals surface area contributed by atoms with Crippen molar-refractivity contribution in [3.05, 3.63) is 59.7 Å². The molecule has 0 atom stereocenters. The fourth-order valence-electron chi connectivity index (χ4n) is 4.34. The summed E-state index contributed by atoms with van der Waals surface area (Å²) in [5.74, 6) is -0.998. The molecule has 8 heteroatoms. The number of aromatic nitrogens is 3. The Hall–Kier alpha value is -3.02. The van der Waals surface area contributed by atoms with E-state index in [1.54, 1.807) is 18.3 Å². The summed E-state index contributed by atoms with van der Waals surface area (Å²) in [6, 6.07) is 10.5. The van der Waals surface area contributed by atoms with Crippen molar-refractivity contribution in [2.75, 3.05) is 0 Å². The number of hydrogen-bond donors (Lipinski definition) is 2. The molecule has 0 aliphatic rings. The molecule has 146 valence electrons. The van der Waals surface area contributed by atoms with E-state index in [1.165, 1.54) is 12.1 Å². The van der Waals surface area contributed by atoms with Crippen molar-refractivity contribution in [2.24, 2.45) is 0 Å². The molecular weight excluding hydrogens is 367 g/mol. The molecule has 0 radical (unpaired) electrons. The second-order valence-electron chi connectivity index (χ2n) is 8.51. The Bertz CT molecular complexity index is 1230. The van der Waals surface area contributed by atoms with Gasteiger partial charge in [-0.25, -0.2) is 4.39 Å². The number of carbonyl (C=O) groups is 1. The third-order valence-corrected chi connectivity index (χ3v) is 5.47. The first-order chi connectivity index (χ1) is 13.7. The summed E-state index contributed by atoms with van der Waals surface area (Å²) < 4.78 is 15.7. The van der Waals surface area contributed by atoms with Crippen LogP contribution in [0, 0.1) is 5.82 Å². The van der Waals surface area contributed by atoms with E-state index in [2.05, 4.69) is 34.7 Å². The van der Waals surface area contributed by atoms with E-state index >= 15 is 0 Å². The van der Waals surface area contributed by atoms with Crippen LogP contribution < -0.4 is 0 Å². The van der Waals surface area contributed by atoms with E-state index in [0.717, 1.165) is 38.8 Å². The first-order valence-electron chi connectivity index (χ1n) is 9.68. The maximum atomic E-state index is 13.6. The van der Waals surface area contributed by atoms with Crippen molar-refractivity contribution in [1.29, 1.82) is 0 Å². The summed E-state index contributed by atoms with van der Waals surface area (Å²) in [4.78, 5) is 11.6. The van der Waals surface area contributed by atoms with Gasteiger partial charge in [-0.1, -0.05) is 13.8 Å². The van der Waals surface area contributed by atoms with Gasteiger partial charge in [0.15, 0.2) is 0 Å². The monoisotopic (exact) mass is 389 g/mol. The first-order valence-corrected chi connectivity index (χ1v) is 9.68. The van der Waals surface area contributed by atoms with Crippen LogP contribution in [0.15, 0.2) is 42.6 Å². The lowest BCUT2D eigenvalue weighted by molar-refractivity contribution is -0.137. The molecule has 0 aliphatic carbocycles. The number of halogens is 1. The molecule has 0 amide bonds. The number of benzene rings is 2. The van der Waals surface area contributed by atoms with Crippen molar-refractivity contribution in [2.45, 2.75) is 31.4 Å². The lowest BCUT2D eigenvalue weighted by atomic mass is 9.48. The minimum absolute atomic E-state index is 0.0102. The molecule has 5 nitrogen and oxygen atoms in total. The van der Waals surface area contributed by atoms with Crippen LogP contribution in [-0.2, 0) is 10.0 Å². The van der Waals surface area contributed by atoms with E-state index in [-0.39, 0.29) is 18.2 Å². The molecule has 0 bridgehead atoms. The Labute approximate surface area is 169 Å². The molecule has 2 N–H and O–H groups in total. The number of fused-ring (bicyclic) bond motifs is 2. The van der Waals surface area contributed by atoms with Gasteiger partial charge < -0.3 is 9.67 Å². The molecule has 0 unspecified atom stereocenters. The zero-order chi connectivity index (χ0) is 20.9. The maximum Gasteiger partial charge on any atom is 0.302 e. The highest BCUT2D eigenvalue weighted by molar-refractivity contribution is 6.42. The number of H-pyrrole nitrogens is 1. The van der Waals surface area contributed by atoms with Crippen LogP contribution in [0.1, 0.15) is 37.4 Å². The molecule has 0 spiro atoms. The van der Waals surface area contributed by atoms with Crippen molar-refractivity contribution in [1.82, 2.24) is 14.8 Å². The minimum atomic E-state index is -0.838. The number of aromatic amines is 1. The second-order valence-corrected chi connectivity index (χ2v) is 8.51. The lowest BCUT2D eigenvalue weighted by Gasteiger charge is -2.26. The third-order valence-electron chi connectivity index (χ3n) is 5.47. The Balaban J connectivity index is 2.16. The van der Waals surface area contributed by atoms with Gasteiger partial charge in [0.1, 0.15) is 21.5 Å². The van der Waals surface area contributed by atoms with Gasteiger partial charge in [-0.3, -0.25) is 9.89 Å². The standard InChI is InChI=1S/C21H22B2FN3O2/c1-11(2)20-19(21(22,23)9-18(28)29)15-8-16-12(10-25-26-16)7-17(15)27(20)14-5-3-13(24)4-6-14/h3-8,10-11H,9,22-23H2,1-2H3,(H,25,26)(H,28,29). The zero-order valence-electron chi connectivity index (χ0n) is 17.0. The molecule has 0 saturated heterocycles. The van der Waals surface area contributed by atoms with E-state index in [4.69, 9.17) is 0 Å². The van der Waals surface area contributed by atoms with Gasteiger partial charge in [0.25, 0.3) is 0 Å². The lowest BCUT2D eigenvalue weighted by Crippen LogP contribution is -2.31. The van der Waals surface area contributed by atoms with Gasteiger partial charge in [0, 0.05) is 28.6 Å². The Morgan fingerprint density at radius 3 is 2.59 bits per heavy atom. The second kappa shape index (κ2) is 6.79. The van der Waals surface area contributed by atoms with Crippen molar-refractivity contribution < 1.29 is 14.3 Å². The van der Waals surface area contributed by atoms with Crippen molar-refractivity contribution in [3.63, 3.8) is 0 Å². The maximum absolute atomic E-state index is 13.6. The number of hydrogen-bond acceptors (Lipinski definition) is 2. The first kappa shape index (κ1) is 19.3. The Kier molecular flexibility index (Phi) is 4.52. The summed E-state index contributed by atoms with van der Waals surface area (Å²) in [5, 5.41) is 18.1. The van der Waals surface area contributed by atoms with Gasteiger partial charge in [-0.05, 0) is 53.1 Å². The molecule has 0 aliphatic heterocycles. The molecule has 4 rings (SSSR count). The van der Waals surface area contributed by atoms with Gasteiger partial charge in [0.05, 0.1) is 17.2 Å². The van der Waals surface area contributed by atoms with Crippen LogP contribution >= 0.6 is 0 Å². The fraction of sp³-hybridized carbons (Fsp3) is 0.238. The number of nitrogens with one attached hydrogen (secondary N) is 1. The minimum Gasteiger partial charge on any atom is -0.481 e. The molecule has 0 saturated carbocycles. The van der Waals surface area contributed by atoms with Crippen LogP contribution in [0.25, 0.3) is 27.5 Å². The summed E-state index contributed by atoms with van der Waals surface area (Å²) in [7, 11) is 3.93. The van der Waals surface area contributed by atoms with E-state index in [9.17, 15) is 14.3 Å². The van der Waals surface area contributed by atoms with Gasteiger partial charge in [-0.15, -0.1) is 0 Å². The highest BCUT2D eigenvalue weighted by Gasteiger charge is 2.33. The topological polar surface area (TPSA) is 70.9 Å². The number of carboxylic acids is 1. The summed E-state index contributed by atoms with van der Waals surface area (Å²) in [6.07, 6.45) is 1.78. The molecule has 29 heavy (non-hydrogen) atoms. The van der Waals surface area contributed by atoms with E-state index in [1.807, 2.05) is 21.8 Å². The summed E-state index contributed by atoms with van der Waals surface area (Å²) >= 11 is 0. The van der Waals surface area contributed by atoms with Crippen LogP contribution in [0.4, 0.5) is 4.39 Å². The van der Waals surface area contributed by atoms with Crippen molar-refractivity contribution in [3.8, 4) is 5.69 Å². The van der Waals surface area contributed by atoms with Crippen LogP contribution in [0.2, 0.25) is 0 Å². The third kappa shape index (κ3) is 3.22. The average molecular weight is 389 g/mol. The van der Waals surface area contributed by atoms with Gasteiger partial charge >= 0.3 is 5.97 Å². The molecule has 2 heterocycles. The molecule has 0 fully saturated rings. The normalized spacial score (nSPS) is 12.3. The molecule has 2 aromatic carbocycles.